The minimum Gasteiger partial charge on any atom is -0.493 e. The predicted octanol–water partition coefficient (Wildman–Crippen LogP) is 5.72. The number of aromatic nitrogens is 1. The lowest BCUT2D eigenvalue weighted by Gasteiger charge is -2.14. The van der Waals surface area contributed by atoms with Gasteiger partial charge in [-0.15, -0.1) is 0 Å². The molecule has 1 heterocycles. The third-order valence-corrected chi connectivity index (χ3v) is 6.22. The zero-order valence-corrected chi connectivity index (χ0v) is 18.5. The first kappa shape index (κ1) is 20.0. The number of thiazole rings is 1. The van der Waals surface area contributed by atoms with Crippen molar-refractivity contribution in [3.8, 4) is 38.9 Å². The van der Waals surface area contributed by atoms with E-state index in [1.807, 2.05) is 31.1 Å². The van der Waals surface area contributed by atoms with Gasteiger partial charge in [0.15, 0.2) is 16.6 Å². The van der Waals surface area contributed by atoms with Crippen LogP contribution in [-0.4, -0.2) is 40.4 Å². The van der Waals surface area contributed by atoms with Crippen molar-refractivity contribution in [2.24, 2.45) is 0 Å². The Bertz CT molecular complexity index is 1180. The van der Waals surface area contributed by atoms with Gasteiger partial charge in [-0.3, -0.25) is 0 Å². The maximum Gasteiger partial charge on any atom is 0.203 e. The Hall–Kier alpha value is -3.25. The highest BCUT2D eigenvalue weighted by molar-refractivity contribution is 7.19. The lowest BCUT2D eigenvalue weighted by Crippen LogP contribution is -2.07. The number of ether oxygens (including phenoxy) is 3. The van der Waals surface area contributed by atoms with Crippen LogP contribution in [0.25, 0.3) is 32.5 Å². The summed E-state index contributed by atoms with van der Waals surface area (Å²) in [5, 5.41) is 3.35. The molecule has 0 atom stereocenters. The summed E-state index contributed by atoms with van der Waals surface area (Å²) >= 11 is 1.66. The molecule has 6 heteroatoms. The molecule has 0 amide bonds. The standard InChI is InChI=1S/C24H24N2O3S/c1-26(2)24-25-21(18-13-19(27-3)22(29-5)20(14-18)28-4)23(30-24)17-11-10-15-8-6-7-9-16(15)12-17/h6-14H,1-5H3. The van der Waals surface area contributed by atoms with Gasteiger partial charge in [0.1, 0.15) is 0 Å². The fraction of sp³-hybridized carbons (Fsp3) is 0.208. The SMILES string of the molecule is COc1cc(-c2nc(N(C)C)sc2-c2ccc3ccccc3c2)cc(OC)c1OC. The molecule has 0 bridgehead atoms. The van der Waals surface area contributed by atoms with Crippen molar-refractivity contribution in [3.05, 3.63) is 54.6 Å². The Morgan fingerprint density at radius 3 is 2.03 bits per heavy atom. The second-order valence-electron chi connectivity index (χ2n) is 7.04. The number of anilines is 1. The van der Waals surface area contributed by atoms with Gasteiger partial charge in [0.2, 0.25) is 5.75 Å². The number of nitrogens with zero attached hydrogens (tertiary/aromatic N) is 2. The first-order valence-electron chi connectivity index (χ1n) is 9.53. The van der Waals surface area contributed by atoms with Crippen LogP contribution in [0.15, 0.2) is 54.6 Å². The summed E-state index contributed by atoms with van der Waals surface area (Å²) < 4.78 is 16.6. The Morgan fingerprint density at radius 2 is 1.43 bits per heavy atom. The summed E-state index contributed by atoms with van der Waals surface area (Å²) in [4.78, 5) is 8.06. The molecule has 0 aliphatic heterocycles. The molecule has 0 saturated carbocycles. The second kappa shape index (κ2) is 8.24. The number of benzene rings is 3. The normalized spacial score (nSPS) is 10.8. The topological polar surface area (TPSA) is 43.8 Å². The van der Waals surface area contributed by atoms with E-state index < -0.39 is 0 Å². The smallest absolute Gasteiger partial charge is 0.203 e. The number of fused-ring (bicyclic) bond motifs is 1. The van der Waals surface area contributed by atoms with Gasteiger partial charge in [-0.05, 0) is 34.5 Å². The van der Waals surface area contributed by atoms with Crippen molar-refractivity contribution in [1.29, 1.82) is 0 Å². The third kappa shape index (κ3) is 3.55. The number of hydrogen-bond donors (Lipinski definition) is 0. The van der Waals surface area contributed by atoms with Gasteiger partial charge in [-0.25, -0.2) is 4.98 Å². The highest BCUT2D eigenvalue weighted by Gasteiger charge is 2.21. The van der Waals surface area contributed by atoms with E-state index in [4.69, 9.17) is 19.2 Å². The summed E-state index contributed by atoms with van der Waals surface area (Å²) in [6.45, 7) is 0. The van der Waals surface area contributed by atoms with E-state index in [0.717, 1.165) is 26.8 Å². The highest BCUT2D eigenvalue weighted by Crippen LogP contribution is 2.46. The zero-order chi connectivity index (χ0) is 21.3. The summed E-state index contributed by atoms with van der Waals surface area (Å²) in [7, 11) is 8.85. The fourth-order valence-electron chi connectivity index (χ4n) is 3.44. The largest absolute Gasteiger partial charge is 0.493 e. The lowest BCUT2D eigenvalue weighted by atomic mass is 10.0. The van der Waals surface area contributed by atoms with Gasteiger partial charge >= 0.3 is 0 Å². The molecule has 0 N–H and O–H groups in total. The van der Waals surface area contributed by atoms with Gasteiger partial charge in [-0.2, -0.15) is 0 Å². The fourth-order valence-corrected chi connectivity index (χ4v) is 4.45. The first-order chi connectivity index (χ1) is 14.5. The first-order valence-corrected chi connectivity index (χ1v) is 10.3. The lowest BCUT2D eigenvalue weighted by molar-refractivity contribution is 0.324. The van der Waals surface area contributed by atoms with Crippen LogP contribution in [0.4, 0.5) is 5.13 Å². The Balaban J connectivity index is 1.94. The van der Waals surface area contributed by atoms with E-state index in [1.54, 1.807) is 32.7 Å². The second-order valence-corrected chi connectivity index (χ2v) is 8.02. The zero-order valence-electron chi connectivity index (χ0n) is 17.7. The van der Waals surface area contributed by atoms with Gasteiger partial charge in [-0.1, -0.05) is 47.7 Å². The molecule has 0 spiro atoms. The highest BCUT2D eigenvalue weighted by atomic mass is 32.1. The molecule has 1 aromatic heterocycles. The Morgan fingerprint density at radius 1 is 0.767 bits per heavy atom. The van der Waals surface area contributed by atoms with Gasteiger partial charge in [0, 0.05) is 19.7 Å². The molecule has 30 heavy (non-hydrogen) atoms. The number of rotatable bonds is 6. The predicted molar refractivity (Wildman–Crippen MR) is 124 cm³/mol. The van der Waals surface area contributed by atoms with Crippen LogP contribution in [0.3, 0.4) is 0 Å². The van der Waals surface area contributed by atoms with Crippen molar-refractivity contribution >= 4 is 27.2 Å². The van der Waals surface area contributed by atoms with E-state index >= 15 is 0 Å². The van der Waals surface area contributed by atoms with Crippen LogP contribution in [0.2, 0.25) is 0 Å². The minimum atomic E-state index is 0.569. The van der Waals surface area contributed by atoms with E-state index in [2.05, 4.69) is 42.5 Å². The average Bonchev–Trinajstić information content (AvgIpc) is 3.23. The molecule has 4 rings (SSSR count). The van der Waals surface area contributed by atoms with Crippen LogP contribution in [0.5, 0.6) is 17.2 Å². The van der Waals surface area contributed by atoms with Crippen LogP contribution in [-0.2, 0) is 0 Å². The van der Waals surface area contributed by atoms with Crippen LogP contribution < -0.4 is 19.1 Å². The molecule has 0 aliphatic carbocycles. The van der Waals surface area contributed by atoms with E-state index in [1.165, 1.54) is 10.8 Å². The molecule has 154 valence electrons. The molecular formula is C24H24N2O3S. The van der Waals surface area contributed by atoms with Gasteiger partial charge in [0.25, 0.3) is 0 Å². The van der Waals surface area contributed by atoms with Crippen molar-refractivity contribution in [1.82, 2.24) is 4.98 Å². The minimum absolute atomic E-state index is 0.569. The summed E-state index contributed by atoms with van der Waals surface area (Å²) in [5.41, 5.74) is 2.93. The maximum absolute atomic E-state index is 5.56. The monoisotopic (exact) mass is 420 g/mol. The van der Waals surface area contributed by atoms with E-state index in [-0.39, 0.29) is 0 Å². The molecule has 0 radical (unpaired) electrons. The maximum atomic E-state index is 5.56. The van der Waals surface area contributed by atoms with E-state index in [0.29, 0.717) is 17.2 Å². The van der Waals surface area contributed by atoms with Crippen LogP contribution >= 0.6 is 11.3 Å². The van der Waals surface area contributed by atoms with Crippen molar-refractivity contribution < 1.29 is 14.2 Å². The van der Waals surface area contributed by atoms with Gasteiger partial charge < -0.3 is 19.1 Å². The molecule has 0 fully saturated rings. The van der Waals surface area contributed by atoms with Crippen LogP contribution in [0, 0.1) is 0 Å². The third-order valence-electron chi connectivity index (χ3n) is 4.95. The number of hydrogen-bond acceptors (Lipinski definition) is 6. The Kier molecular flexibility index (Phi) is 5.50. The molecule has 0 unspecified atom stereocenters. The van der Waals surface area contributed by atoms with Crippen LogP contribution in [0.1, 0.15) is 0 Å². The van der Waals surface area contributed by atoms with Crippen molar-refractivity contribution in [3.63, 3.8) is 0 Å². The Labute approximate surface area is 180 Å². The van der Waals surface area contributed by atoms with Crippen molar-refractivity contribution in [2.45, 2.75) is 0 Å². The van der Waals surface area contributed by atoms with Crippen molar-refractivity contribution in [2.75, 3.05) is 40.3 Å². The molecular weight excluding hydrogens is 396 g/mol. The summed E-state index contributed by atoms with van der Waals surface area (Å²) in [6.07, 6.45) is 0. The molecule has 0 aliphatic rings. The molecule has 0 saturated heterocycles. The van der Waals surface area contributed by atoms with E-state index in [9.17, 15) is 0 Å². The summed E-state index contributed by atoms with van der Waals surface area (Å²) in [5.74, 6) is 1.78. The average molecular weight is 421 g/mol. The quantitative estimate of drug-likeness (QED) is 0.399. The summed E-state index contributed by atoms with van der Waals surface area (Å²) in [6, 6.07) is 18.8. The number of methoxy groups -OCH3 is 3. The molecule has 5 nitrogen and oxygen atoms in total. The van der Waals surface area contributed by atoms with Gasteiger partial charge in [0.05, 0.1) is 31.9 Å². The molecule has 4 aromatic rings. The molecule has 3 aromatic carbocycles.